The monoisotopic (exact) mass is 249 g/mol. The van der Waals surface area contributed by atoms with E-state index in [9.17, 15) is 4.79 Å². The van der Waals surface area contributed by atoms with Gasteiger partial charge < -0.3 is 15.2 Å². The molecule has 0 bridgehead atoms. The standard InChI is InChI=1S/C14H19NO3/c16-10-12-5-3-11(4-6-12)7-8-15-14(17)13-2-1-9-18-13/h3-6,13,16H,1-2,7-10H2,(H,15,17). The molecule has 0 radical (unpaired) electrons. The van der Waals surface area contributed by atoms with Crippen molar-refractivity contribution in [2.24, 2.45) is 0 Å². The summed E-state index contributed by atoms with van der Waals surface area (Å²) in [5, 5.41) is 11.8. The molecular weight excluding hydrogens is 230 g/mol. The molecule has 18 heavy (non-hydrogen) atoms. The fourth-order valence-electron chi connectivity index (χ4n) is 2.04. The fourth-order valence-corrected chi connectivity index (χ4v) is 2.04. The Bertz CT molecular complexity index is 383. The lowest BCUT2D eigenvalue weighted by molar-refractivity contribution is -0.129. The van der Waals surface area contributed by atoms with Crippen molar-refractivity contribution in [1.29, 1.82) is 0 Å². The topological polar surface area (TPSA) is 58.6 Å². The van der Waals surface area contributed by atoms with Crippen molar-refractivity contribution in [2.45, 2.75) is 32.0 Å². The van der Waals surface area contributed by atoms with E-state index in [-0.39, 0.29) is 18.6 Å². The zero-order chi connectivity index (χ0) is 12.8. The van der Waals surface area contributed by atoms with Crippen molar-refractivity contribution in [3.63, 3.8) is 0 Å². The van der Waals surface area contributed by atoms with Gasteiger partial charge >= 0.3 is 0 Å². The van der Waals surface area contributed by atoms with Gasteiger partial charge in [0, 0.05) is 13.2 Å². The zero-order valence-electron chi connectivity index (χ0n) is 10.4. The molecule has 0 spiro atoms. The first kappa shape index (κ1) is 13.1. The number of aliphatic hydroxyl groups is 1. The second-order valence-electron chi connectivity index (χ2n) is 4.52. The number of aliphatic hydroxyl groups excluding tert-OH is 1. The summed E-state index contributed by atoms with van der Waals surface area (Å²) >= 11 is 0. The van der Waals surface area contributed by atoms with Crippen molar-refractivity contribution in [2.75, 3.05) is 13.2 Å². The molecule has 1 aromatic rings. The van der Waals surface area contributed by atoms with Crippen LogP contribution in [-0.4, -0.2) is 30.3 Å². The summed E-state index contributed by atoms with van der Waals surface area (Å²) in [6.07, 6.45) is 2.35. The molecule has 1 heterocycles. The second kappa shape index (κ2) is 6.52. The number of hydrogen-bond donors (Lipinski definition) is 2. The van der Waals surface area contributed by atoms with Crippen LogP contribution in [0.25, 0.3) is 0 Å². The highest BCUT2D eigenvalue weighted by Gasteiger charge is 2.22. The Labute approximate surface area is 107 Å². The number of benzene rings is 1. The quantitative estimate of drug-likeness (QED) is 0.819. The first-order valence-corrected chi connectivity index (χ1v) is 6.37. The molecule has 1 aliphatic rings. The molecule has 1 aliphatic heterocycles. The van der Waals surface area contributed by atoms with Crippen molar-refractivity contribution < 1.29 is 14.6 Å². The molecule has 1 fully saturated rings. The Hall–Kier alpha value is -1.39. The minimum absolute atomic E-state index is 0.000483. The Morgan fingerprint density at radius 1 is 1.33 bits per heavy atom. The number of amides is 1. The highest BCUT2D eigenvalue weighted by Crippen LogP contribution is 2.11. The van der Waals surface area contributed by atoms with Gasteiger partial charge in [-0.15, -0.1) is 0 Å². The summed E-state index contributed by atoms with van der Waals surface area (Å²) in [7, 11) is 0. The van der Waals surface area contributed by atoms with E-state index in [0.29, 0.717) is 13.2 Å². The molecule has 0 aromatic heterocycles. The van der Waals surface area contributed by atoms with Gasteiger partial charge in [0.15, 0.2) is 0 Å². The summed E-state index contributed by atoms with van der Waals surface area (Å²) in [6.45, 7) is 1.38. The highest BCUT2D eigenvalue weighted by molar-refractivity contribution is 5.80. The van der Waals surface area contributed by atoms with Gasteiger partial charge in [-0.25, -0.2) is 0 Å². The molecule has 2 N–H and O–H groups in total. The van der Waals surface area contributed by atoms with E-state index in [1.807, 2.05) is 24.3 Å². The van der Waals surface area contributed by atoms with E-state index in [0.717, 1.165) is 30.4 Å². The maximum atomic E-state index is 11.7. The Kier molecular flexibility index (Phi) is 4.73. The molecule has 1 atom stereocenters. The van der Waals surface area contributed by atoms with E-state index in [2.05, 4.69) is 5.32 Å². The average molecular weight is 249 g/mol. The second-order valence-corrected chi connectivity index (χ2v) is 4.52. The predicted octanol–water partition coefficient (Wildman–Crippen LogP) is 1.02. The van der Waals surface area contributed by atoms with Gasteiger partial charge in [0.2, 0.25) is 5.91 Å². The number of ether oxygens (including phenoxy) is 1. The third kappa shape index (κ3) is 3.55. The SMILES string of the molecule is O=C(NCCc1ccc(CO)cc1)C1CCCO1. The number of hydrogen-bond acceptors (Lipinski definition) is 3. The molecule has 0 aliphatic carbocycles. The van der Waals surface area contributed by atoms with Crippen LogP contribution < -0.4 is 5.32 Å². The van der Waals surface area contributed by atoms with E-state index < -0.39 is 0 Å². The van der Waals surface area contributed by atoms with Crippen LogP contribution in [0.5, 0.6) is 0 Å². The lowest BCUT2D eigenvalue weighted by Crippen LogP contribution is -2.35. The van der Waals surface area contributed by atoms with Crippen LogP contribution in [-0.2, 0) is 22.6 Å². The maximum Gasteiger partial charge on any atom is 0.249 e. The molecule has 1 unspecified atom stereocenters. The maximum absolute atomic E-state index is 11.7. The van der Waals surface area contributed by atoms with Gasteiger partial charge in [-0.1, -0.05) is 24.3 Å². The summed E-state index contributed by atoms with van der Waals surface area (Å²) < 4.78 is 5.31. The summed E-state index contributed by atoms with van der Waals surface area (Å²) in [4.78, 5) is 11.7. The van der Waals surface area contributed by atoms with Gasteiger partial charge in [-0.2, -0.15) is 0 Å². The minimum atomic E-state index is -0.248. The first-order chi connectivity index (χ1) is 8.79. The van der Waals surface area contributed by atoms with Crippen LogP contribution in [0.1, 0.15) is 24.0 Å². The molecule has 4 heteroatoms. The van der Waals surface area contributed by atoms with Crippen LogP contribution in [0, 0.1) is 0 Å². The van der Waals surface area contributed by atoms with Crippen LogP contribution >= 0.6 is 0 Å². The molecule has 1 aromatic carbocycles. The highest BCUT2D eigenvalue weighted by atomic mass is 16.5. The molecule has 1 amide bonds. The molecule has 2 rings (SSSR count). The molecule has 0 saturated carbocycles. The van der Waals surface area contributed by atoms with Gasteiger partial charge in [0.05, 0.1) is 6.61 Å². The molecule has 4 nitrogen and oxygen atoms in total. The van der Waals surface area contributed by atoms with Crippen molar-refractivity contribution in [1.82, 2.24) is 5.32 Å². The largest absolute Gasteiger partial charge is 0.392 e. The lowest BCUT2D eigenvalue weighted by Gasteiger charge is -2.10. The van der Waals surface area contributed by atoms with Crippen LogP contribution in [0.15, 0.2) is 24.3 Å². The number of carbonyl (C=O) groups is 1. The van der Waals surface area contributed by atoms with E-state index in [1.54, 1.807) is 0 Å². The lowest BCUT2D eigenvalue weighted by atomic mass is 10.1. The molecule has 98 valence electrons. The summed E-state index contributed by atoms with van der Waals surface area (Å²) in [5.41, 5.74) is 2.06. The molecular formula is C14H19NO3. The normalized spacial score (nSPS) is 18.8. The van der Waals surface area contributed by atoms with Crippen molar-refractivity contribution >= 4 is 5.91 Å². The first-order valence-electron chi connectivity index (χ1n) is 6.37. The zero-order valence-corrected chi connectivity index (χ0v) is 10.4. The third-order valence-corrected chi connectivity index (χ3v) is 3.14. The average Bonchev–Trinajstić information content (AvgIpc) is 2.93. The van der Waals surface area contributed by atoms with Gasteiger partial charge in [0.25, 0.3) is 0 Å². The van der Waals surface area contributed by atoms with E-state index >= 15 is 0 Å². The summed E-state index contributed by atoms with van der Waals surface area (Å²) in [6, 6.07) is 7.75. The van der Waals surface area contributed by atoms with Crippen molar-refractivity contribution in [3.8, 4) is 0 Å². The third-order valence-electron chi connectivity index (χ3n) is 3.14. The van der Waals surface area contributed by atoms with Crippen molar-refractivity contribution in [3.05, 3.63) is 35.4 Å². The van der Waals surface area contributed by atoms with Gasteiger partial charge in [-0.3, -0.25) is 4.79 Å². The van der Waals surface area contributed by atoms with Gasteiger partial charge in [0.1, 0.15) is 6.10 Å². The molecule has 1 saturated heterocycles. The van der Waals surface area contributed by atoms with E-state index in [4.69, 9.17) is 9.84 Å². The number of nitrogens with one attached hydrogen (secondary N) is 1. The Morgan fingerprint density at radius 2 is 2.06 bits per heavy atom. The Balaban J connectivity index is 1.72. The smallest absolute Gasteiger partial charge is 0.249 e. The number of rotatable bonds is 5. The van der Waals surface area contributed by atoms with Gasteiger partial charge in [-0.05, 0) is 30.4 Å². The predicted molar refractivity (Wildman–Crippen MR) is 68.1 cm³/mol. The van der Waals surface area contributed by atoms with Crippen LogP contribution in [0.2, 0.25) is 0 Å². The minimum Gasteiger partial charge on any atom is -0.392 e. The van der Waals surface area contributed by atoms with E-state index in [1.165, 1.54) is 0 Å². The van der Waals surface area contributed by atoms with Crippen LogP contribution in [0.3, 0.4) is 0 Å². The number of carbonyl (C=O) groups excluding carboxylic acids is 1. The summed E-state index contributed by atoms with van der Waals surface area (Å²) in [5.74, 6) is -0.000483. The Morgan fingerprint density at radius 3 is 2.67 bits per heavy atom. The fraction of sp³-hybridized carbons (Fsp3) is 0.500. The van der Waals surface area contributed by atoms with Crippen LogP contribution in [0.4, 0.5) is 0 Å².